The van der Waals surface area contributed by atoms with E-state index < -0.39 is 41.6 Å². The van der Waals surface area contributed by atoms with Crippen molar-refractivity contribution in [3.05, 3.63) is 89.0 Å². The number of H-pyrrole nitrogens is 1. The van der Waals surface area contributed by atoms with Crippen LogP contribution in [0.5, 0.6) is 5.75 Å². The molecule has 3 N–H and O–H groups in total. The van der Waals surface area contributed by atoms with Crippen molar-refractivity contribution in [1.82, 2.24) is 30.1 Å². The van der Waals surface area contributed by atoms with E-state index in [0.29, 0.717) is 54.6 Å². The van der Waals surface area contributed by atoms with E-state index in [1.54, 1.807) is 47.5 Å². The zero-order valence-electron chi connectivity index (χ0n) is 35.7. The standard InChI is InChI=1S/C44H50ClF3N8O6/c1-24(2)37(53-42(60)61-8)40(58)56-22-25(3)17-34(56)38-50-21-33(51-38)28-11-9-27(10-12-28)30-18-31(45)32(19-35(30)62-44(46,47)48)52-39(57)29-13-14-36(49-20-29)55-16-15-54(23-26(55)4)41(59)43(5,6)7/h9-14,17-21,24,26,34,37H,15-16,22-23H2,1-8H3,(H,50,51)(H,52,57)(H,53,60). The topological polar surface area (TPSA) is 162 Å². The maximum Gasteiger partial charge on any atom is 0.573 e. The van der Waals surface area contributed by atoms with Crippen molar-refractivity contribution in [1.29, 1.82) is 0 Å². The van der Waals surface area contributed by atoms with Gasteiger partial charge >= 0.3 is 12.5 Å². The fraction of sp³-hybridized carbons (Fsp3) is 0.409. The van der Waals surface area contributed by atoms with E-state index in [1.807, 2.05) is 64.3 Å². The van der Waals surface area contributed by atoms with E-state index in [-0.39, 0.29) is 45.6 Å². The summed E-state index contributed by atoms with van der Waals surface area (Å²) in [5, 5.41) is 5.17. The second-order valence-corrected chi connectivity index (χ2v) is 17.2. The number of anilines is 2. The summed E-state index contributed by atoms with van der Waals surface area (Å²) < 4.78 is 50.5. The minimum Gasteiger partial charge on any atom is -0.453 e. The number of amides is 4. The number of hydrogen-bond donors (Lipinski definition) is 3. The molecule has 18 heteroatoms. The number of carbonyl (C=O) groups excluding carboxylic acids is 4. The molecule has 0 bridgehead atoms. The number of imidazole rings is 1. The van der Waals surface area contributed by atoms with Crippen LogP contribution in [0.1, 0.15) is 70.7 Å². The quantitative estimate of drug-likeness (QED) is 0.133. The molecule has 14 nitrogen and oxygen atoms in total. The van der Waals surface area contributed by atoms with Gasteiger partial charge in [-0.3, -0.25) is 14.4 Å². The number of rotatable bonds is 10. The molecule has 330 valence electrons. The molecule has 1 fully saturated rings. The normalized spacial score (nSPS) is 17.4. The van der Waals surface area contributed by atoms with Crippen LogP contribution in [0.4, 0.5) is 29.5 Å². The second kappa shape index (κ2) is 18.1. The summed E-state index contributed by atoms with van der Waals surface area (Å²) in [5.41, 5.74) is 2.08. The lowest BCUT2D eigenvalue weighted by Crippen LogP contribution is -2.56. The Hall–Kier alpha value is -6.10. The van der Waals surface area contributed by atoms with Gasteiger partial charge in [-0.2, -0.15) is 0 Å². The minimum atomic E-state index is -5.06. The molecule has 0 radical (unpaired) electrons. The van der Waals surface area contributed by atoms with Crippen LogP contribution in [0.15, 0.2) is 72.6 Å². The Kier molecular flexibility index (Phi) is 13.3. The average Bonchev–Trinajstić information content (AvgIpc) is 3.86. The molecule has 4 amide bonds. The number of halogens is 4. The van der Waals surface area contributed by atoms with Crippen molar-refractivity contribution in [2.75, 3.05) is 43.5 Å². The summed E-state index contributed by atoms with van der Waals surface area (Å²) in [5.74, 6) is -0.598. The van der Waals surface area contributed by atoms with E-state index >= 15 is 0 Å². The molecule has 3 unspecified atom stereocenters. The Morgan fingerprint density at radius 2 is 1.66 bits per heavy atom. The van der Waals surface area contributed by atoms with Gasteiger partial charge in [0.05, 0.1) is 35.3 Å². The molecule has 4 aromatic rings. The lowest BCUT2D eigenvalue weighted by atomic mass is 9.94. The number of alkyl halides is 3. The van der Waals surface area contributed by atoms with E-state index in [2.05, 4.69) is 30.3 Å². The number of nitrogens with one attached hydrogen (secondary N) is 3. The number of ether oxygens (including phenoxy) is 2. The number of hydrogen-bond acceptors (Lipinski definition) is 9. The average molecular weight is 879 g/mol. The first-order valence-corrected chi connectivity index (χ1v) is 20.4. The van der Waals surface area contributed by atoms with Crippen molar-refractivity contribution < 1.29 is 41.8 Å². The maximum absolute atomic E-state index is 13.8. The van der Waals surface area contributed by atoms with Crippen LogP contribution in [0, 0.1) is 11.3 Å². The summed E-state index contributed by atoms with van der Waals surface area (Å²) in [6.45, 7) is 15.1. The Morgan fingerprint density at radius 3 is 2.26 bits per heavy atom. The minimum absolute atomic E-state index is 0.0209. The van der Waals surface area contributed by atoms with Gasteiger partial charge in [-0.15, -0.1) is 13.2 Å². The van der Waals surface area contributed by atoms with Gasteiger partial charge in [-0.05, 0) is 49.1 Å². The number of nitrogens with zero attached hydrogens (tertiary/aromatic N) is 5. The molecule has 2 aliphatic heterocycles. The van der Waals surface area contributed by atoms with Crippen LogP contribution >= 0.6 is 11.6 Å². The van der Waals surface area contributed by atoms with Crippen molar-refractivity contribution in [3.63, 3.8) is 0 Å². The summed E-state index contributed by atoms with van der Waals surface area (Å²) in [6.07, 6.45) is -0.904. The number of benzene rings is 2. The highest BCUT2D eigenvalue weighted by Crippen LogP contribution is 2.41. The van der Waals surface area contributed by atoms with Crippen LogP contribution in [0.25, 0.3) is 22.4 Å². The lowest BCUT2D eigenvalue weighted by Gasteiger charge is -2.42. The number of methoxy groups -OCH3 is 1. The Bertz CT molecular complexity index is 2340. The molecule has 0 spiro atoms. The number of piperazine rings is 1. The third-order valence-electron chi connectivity index (χ3n) is 10.7. The van der Waals surface area contributed by atoms with Crippen molar-refractivity contribution >= 4 is 46.9 Å². The largest absolute Gasteiger partial charge is 0.573 e. The Balaban J connectivity index is 1.17. The molecule has 0 saturated carbocycles. The first kappa shape index (κ1) is 45.4. The van der Waals surface area contributed by atoms with Gasteiger partial charge in [0.2, 0.25) is 11.8 Å². The van der Waals surface area contributed by atoms with Gasteiger partial charge in [-0.1, -0.05) is 82.1 Å². The van der Waals surface area contributed by atoms with Gasteiger partial charge in [0.1, 0.15) is 29.5 Å². The number of aromatic amines is 1. The first-order chi connectivity index (χ1) is 29.1. The maximum atomic E-state index is 13.8. The van der Waals surface area contributed by atoms with Crippen molar-refractivity contribution in [2.24, 2.45) is 11.3 Å². The van der Waals surface area contributed by atoms with Crippen LogP contribution in [-0.4, -0.2) is 100 Å². The van der Waals surface area contributed by atoms with Gasteiger partial charge in [0.25, 0.3) is 5.91 Å². The number of pyridine rings is 1. The molecule has 2 aliphatic rings. The van der Waals surface area contributed by atoms with Gasteiger partial charge in [0, 0.05) is 55.5 Å². The highest BCUT2D eigenvalue weighted by molar-refractivity contribution is 6.34. The van der Waals surface area contributed by atoms with Crippen LogP contribution in [0.2, 0.25) is 5.02 Å². The van der Waals surface area contributed by atoms with Crippen LogP contribution < -0.4 is 20.3 Å². The van der Waals surface area contributed by atoms with Gasteiger partial charge in [0.15, 0.2) is 0 Å². The third-order valence-corrected chi connectivity index (χ3v) is 11.0. The molecule has 1 saturated heterocycles. The molecular weight excluding hydrogens is 829 g/mol. The van der Waals surface area contributed by atoms with Crippen LogP contribution in [0.3, 0.4) is 0 Å². The summed E-state index contributed by atoms with van der Waals surface area (Å²) in [4.78, 5) is 69.6. The Morgan fingerprint density at radius 1 is 0.968 bits per heavy atom. The summed E-state index contributed by atoms with van der Waals surface area (Å²) >= 11 is 6.59. The number of aromatic nitrogens is 3. The third kappa shape index (κ3) is 10.3. The van der Waals surface area contributed by atoms with E-state index in [0.717, 1.165) is 11.6 Å². The highest BCUT2D eigenvalue weighted by atomic mass is 35.5. The van der Waals surface area contributed by atoms with E-state index in [1.165, 1.54) is 19.4 Å². The predicted molar refractivity (Wildman–Crippen MR) is 229 cm³/mol. The molecule has 2 aromatic carbocycles. The van der Waals surface area contributed by atoms with E-state index in [9.17, 15) is 32.3 Å². The summed E-state index contributed by atoms with van der Waals surface area (Å²) in [6, 6.07) is 10.7. The molecule has 6 rings (SSSR count). The zero-order chi connectivity index (χ0) is 45.3. The lowest BCUT2D eigenvalue weighted by molar-refractivity contribution is -0.274. The molecular formula is C44H50ClF3N8O6. The van der Waals surface area contributed by atoms with Gasteiger partial charge < -0.3 is 39.8 Å². The fourth-order valence-electron chi connectivity index (χ4n) is 7.49. The zero-order valence-corrected chi connectivity index (χ0v) is 36.4. The summed E-state index contributed by atoms with van der Waals surface area (Å²) in [7, 11) is 1.23. The first-order valence-electron chi connectivity index (χ1n) is 20.0. The molecule has 4 heterocycles. The highest BCUT2D eigenvalue weighted by Gasteiger charge is 2.38. The van der Waals surface area contributed by atoms with Crippen LogP contribution in [-0.2, 0) is 14.3 Å². The molecule has 0 aliphatic carbocycles. The predicted octanol–water partition coefficient (Wildman–Crippen LogP) is 8.24. The van der Waals surface area contributed by atoms with Gasteiger partial charge in [-0.25, -0.2) is 14.8 Å². The Labute approximate surface area is 362 Å². The fourth-order valence-corrected chi connectivity index (χ4v) is 7.70. The smallest absolute Gasteiger partial charge is 0.453 e. The molecule has 3 atom stereocenters. The number of alkyl carbamates (subject to hydrolysis) is 1. The monoisotopic (exact) mass is 878 g/mol. The van der Waals surface area contributed by atoms with Crippen molar-refractivity contribution in [2.45, 2.75) is 73.0 Å². The molecule has 62 heavy (non-hydrogen) atoms. The number of carbonyl (C=O) groups is 4. The SMILES string of the molecule is COC(=O)NC(C(=O)N1CC(C)=CC1c1ncc(-c2ccc(-c3cc(Cl)c(NC(=O)c4ccc(N5CCN(C(=O)C(C)(C)C)CC5C)nc4)cc3OC(F)(F)F)cc2)[nH]1)C(C)C. The second-order valence-electron chi connectivity index (χ2n) is 16.8. The molecule has 2 aromatic heterocycles. The van der Waals surface area contributed by atoms with E-state index in [4.69, 9.17) is 16.3 Å². The van der Waals surface area contributed by atoms with Crippen molar-refractivity contribution in [3.8, 4) is 28.1 Å².